The molecule has 140 valence electrons. The number of piperidine rings is 1. The van der Waals surface area contributed by atoms with Gasteiger partial charge in [0.1, 0.15) is 17.5 Å². The van der Waals surface area contributed by atoms with Gasteiger partial charge in [0.2, 0.25) is 0 Å². The van der Waals surface area contributed by atoms with Crippen LogP contribution in [0.5, 0.6) is 0 Å². The second kappa shape index (κ2) is 7.41. The third kappa shape index (κ3) is 4.79. The predicted molar refractivity (Wildman–Crippen MR) is 94.1 cm³/mol. The summed E-state index contributed by atoms with van der Waals surface area (Å²) in [5.74, 6) is -0.529. The zero-order valence-corrected chi connectivity index (χ0v) is 16.1. The van der Waals surface area contributed by atoms with Gasteiger partial charge in [-0.2, -0.15) is 0 Å². The summed E-state index contributed by atoms with van der Waals surface area (Å²) in [6.07, 6.45) is -1.69. The van der Waals surface area contributed by atoms with Gasteiger partial charge in [-0.25, -0.2) is 9.18 Å². The van der Waals surface area contributed by atoms with Crippen LogP contribution in [-0.2, 0) is 4.74 Å². The number of aromatic nitrogens is 1. The molecule has 9 heteroatoms. The van der Waals surface area contributed by atoms with E-state index in [0.717, 1.165) is 0 Å². The van der Waals surface area contributed by atoms with Crippen molar-refractivity contribution in [3.8, 4) is 0 Å². The maximum atomic E-state index is 14.4. The maximum absolute atomic E-state index is 14.4. The summed E-state index contributed by atoms with van der Waals surface area (Å²) in [4.78, 5) is 28.4. The minimum Gasteiger partial charge on any atom is -0.444 e. The normalized spacial score (nSPS) is 21.2. The molecular formula is C16H22Cl2FN3O3. The number of aromatic amines is 1. The number of ether oxygens (including phenoxy) is 1. The van der Waals surface area contributed by atoms with Crippen LogP contribution in [0.2, 0.25) is 10.0 Å². The Morgan fingerprint density at radius 2 is 1.96 bits per heavy atom. The van der Waals surface area contributed by atoms with Crippen LogP contribution in [-0.4, -0.2) is 52.8 Å². The molecule has 1 saturated heterocycles. The molecule has 0 saturated carbocycles. The molecule has 0 spiro atoms. The molecule has 0 aliphatic carbocycles. The molecule has 2 N–H and O–H groups in total. The fraction of sp³-hybridized carbons (Fsp3) is 0.625. The van der Waals surface area contributed by atoms with Crippen molar-refractivity contribution >= 4 is 35.2 Å². The number of H-pyrrole nitrogens is 1. The van der Waals surface area contributed by atoms with Crippen LogP contribution in [0.3, 0.4) is 0 Å². The molecule has 1 aliphatic rings. The molecule has 1 aromatic rings. The molecule has 0 unspecified atom stereocenters. The highest BCUT2D eigenvalue weighted by Gasteiger charge is 2.35. The summed E-state index contributed by atoms with van der Waals surface area (Å²) in [6.45, 7) is 7.08. The van der Waals surface area contributed by atoms with E-state index in [4.69, 9.17) is 27.9 Å². The Balaban J connectivity index is 1.96. The van der Waals surface area contributed by atoms with Crippen LogP contribution in [0.4, 0.5) is 9.18 Å². The lowest BCUT2D eigenvalue weighted by Gasteiger charge is -2.35. The highest BCUT2D eigenvalue weighted by Crippen LogP contribution is 2.29. The van der Waals surface area contributed by atoms with E-state index in [1.807, 2.05) is 0 Å². The van der Waals surface area contributed by atoms with E-state index < -0.39 is 29.8 Å². The number of hydrogen-bond acceptors (Lipinski definition) is 3. The monoisotopic (exact) mass is 393 g/mol. The lowest BCUT2D eigenvalue weighted by molar-refractivity contribution is 0.00971. The quantitative estimate of drug-likeness (QED) is 0.803. The zero-order chi connectivity index (χ0) is 18.9. The number of halogens is 3. The first-order chi connectivity index (χ1) is 11.5. The lowest BCUT2D eigenvalue weighted by Crippen LogP contribution is -2.54. The van der Waals surface area contributed by atoms with E-state index in [1.54, 1.807) is 27.7 Å². The van der Waals surface area contributed by atoms with Crippen molar-refractivity contribution in [2.45, 2.75) is 51.9 Å². The summed E-state index contributed by atoms with van der Waals surface area (Å²) in [5, 5.41) is 2.98. The molecule has 2 amide bonds. The molecule has 2 rings (SSSR count). The van der Waals surface area contributed by atoms with Crippen molar-refractivity contribution in [2.75, 3.05) is 13.1 Å². The average molecular weight is 394 g/mol. The van der Waals surface area contributed by atoms with Crippen molar-refractivity contribution in [3.63, 3.8) is 0 Å². The molecule has 0 bridgehead atoms. The van der Waals surface area contributed by atoms with Gasteiger partial charge in [-0.05, 0) is 34.1 Å². The Kier molecular flexibility index (Phi) is 5.89. The van der Waals surface area contributed by atoms with Gasteiger partial charge in [-0.3, -0.25) is 4.79 Å². The van der Waals surface area contributed by atoms with E-state index in [1.165, 1.54) is 4.90 Å². The maximum Gasteiger partial charge on any atom is 0.410 e. The van der Waals surface area contributed by atoms with E-state index in [2.05, 4.69) is 10.3 Å². The third-order valence-electron chi connectivity index (χ3n) is 3.79. The number of alkyl halides is 1. The fourth-order valence-electron chi connectivity index (χ4n) is 2.53. The van der Waals surface area contributed by atoms with Crippen LogP contribution in [0, 0.1) is 6.92 Å². The molecule has 1 aliphatic heterocycles. The number of hydrogen-bond donors (Lipinski definition) is 2. The van der Waals surface area contributed by atoms with Gasteiger partial charge in [-0.15, -0.1) is 0 Å². The molecular weight excluding hydrogens is 372 g/mol. The lowest BCUT2D eigenvalue weighted by atomic mass is 10.0. The Labute approximate surface area is 156 Å². The van der Waals surface area contributed by atoms with Gasteiger partial charge in [0.05, 0.1) is 22.6 Å². The first-order valence-corrected chi connectivity index (χ1v) is 8.71. The molecule has 2 atom stereocenters. The third-order valence-corrected chi connectivity index (χ3v) is 4.74. The van der Waals surface area contributed by atoms with Crippen molar-refractivity contribution in [1.82, 2.24) is 15.2 Å². The number of carbonyl (C=O) groups is 2. The summed E-state index contributed by atoms with van der Waals surface area (Å²) in [6, 6.07) is -0.718. The summed E-state index contributed by atoms with van der Waals surface area (Å²) in [5.41, 5.74) is 0.0226. The minimum absolute atomic E-state index is 0.103. The summed E-state index contributed by atoms with van der Waals surface area (Å²) in [7, 11) is 0. The van der Waals surface area contributed by atoms with Crippen LogP contribution in [0.15, 0.2) is 0 Å². The number of nitrogens with one attached hydrogen (secondary N) is 2. The summed E-state index contributed by atoms with van der Waals surface area (Å²) < 4.78 is 19.7. The molecule has 6 nitrogen and oxygen atoms in total. The van der Waals surface area contributed by atoms with Gasteiger partial charge in [0.25, 0.3) is 5.91 Å². The first-order valence-electron chi connectivity index (χ1n) is 7.96. The highest BCUT2D eigenvalue weighted by molar-refractivity contribution is 6.44. The van der Waals surface area contributed by atoms with Gasteiger partial charge in [-0.1, -0.05) is 23.2 Å². The van der Waals surface area contributed by atoms with Gasteiger partial charge >= 0.3 is 6.09 Å². The zero-order valence-electron chi connectivity index (χ0n) is 14.6. The number of likely N-dealkylation sites (tertiary alicyclic amines) is 1. The smallest absolute Gasteiger partial charge is 0.410 e. The van der Waals surface area contributed by atoms with Gasteiger partial charge in [0, 0.05) is 12.2 Å². The Morgan fingerprint density at radius 1 is 1.32 bits per heavy atom. The number of carbonyl (C=O) groups excluding carboxylic acids is 2. The van der Waals surface area contributed by atoms with Crippen molar-refractivity contribution < 1.29 is 18.7 Å². The Hall–Kier alpha value is -1.47. The van der Waals surface area contributed by atoms with Crippen molar-refractivity contribution in [3.05, 3.63) is 21.4 Å². The Morgan fingerprint density at radius 3 is 2.44 bits per heavy atom. The van der Waals surface area contributed by atoms with Crippen molar-refractivity contribution in [1.29, 1.82) is 0 Å². The van der Waals surface area contributed by atoms with Crippen LogP contribution >= 0.6 is 23.2 Å². The van der Waals surface area contributed by atoms with Crippen LogP contribution in [0.1, 0.15) is 43.4 Å². The van der Waals surface area contributed by atoms with Gasteiger partial charge < -0.3 is 19.9 Å². The first kappa shape index (κ1) is 19.8. The topological polar surface area (TPSA) is 74.4 Å². The molecule has 2 heterocycles. The van der Waals surface area contributed by atoms with E-state index in [0.29, 0.717) is 12.2 Å². The number of aryl methyl sites for hydroxylation is 1. The predicted octanol–water partition coefficient (Wildman–Crippen LogP) is 3.71. The van der Waals surface area contributed by atoms with E-state index >= 15 is 0 Å². The number of amides is 2. The standard InChI is InChI=1S/C16H22Cl2FN3O3/c1-8-11(17)12(18)13(20-8)14(23)21-10-5-6-22(7-9(10)19)15(24)25-16(2,3)4/h9-10,20H,5-7H2,1-4H3,(H,21,23)/t9-,10+/m0/s1. The van der Waals surface area contributed by atoms with Crippen LogP contribution < -0.4 is 5.32 Å². The van der Waals surface area contributed by atoms with E-state index in [9.17, 15) is 14.0 Å². The van der Waals surface area contributed by atoms with Gasteiger partial charge in [0.15, 0.2) is 0 Å². The summed E-state index contributed by atoms with van der Waals surface area (Å²) >= 11 is 11.9. The molecule has 0 radical (unpaired) electrons. The Bertz CT molecular complexity index is 672. The average Bonchev–Trinajstić information content (AvgIpc) is 2.75. The minimum atomic E-state index is -1.41. The van der Waals surface area contributed by atoms with Crippen LogP contribution in [0.25, 0.3) is 0 Å². The fourth-order valence-corrected chi connectivity index (χ4v) is 2.94. The molecule has 25 heavy (non-hydrogen) atoms. The largest absolute Gasteiger partial charge is 0.444 e. The molecule has 0 aromatic carbocycles. The number of nitrogens with zero attached hydrogens (tertiary/aromatic N) is 1. The van der Waals surface area contributed by atoms with E-state index in [-0.39, 0.29) is 28.7 Å². The SMILES string of the molecule is Cc1[nH]c(C(=O)N[C@@H]2CCN(C(=O)OC(C)(C)C)C[C@@H]2F)c(Cl)c1Cl. The molecule has 1 fully saturated rings. The highest BCUT2D eigenvalue weighted by atomic mass is 35.5. The second-order valence-electron chi connectivity index (χ2n) is 7.06. The molecule has 1 aromatic heterocycles. The van der Waals surface area contributed by atoms with Crippen molar-refractivity contribution in [2.24, 2.45) is 0 Å². The second-order valence-corrected chi connectivity index (χ2v) is 7.82. The number of rotatable bonds is 2.